The molecule has 8 heteroatoms. The number of rotatable bonds is 6. The van der Waals surface area contributed by atoms with Crippen LogP contribution in [0.25, 0.3) is 10.6 Å². The molecule has 4 nitrogen and oxygen atoms in total. The van der Waals surface area contributed by atoms with Crippen LogP contribution < -0.4 is 4.74 Å². The van der Waals surface area contributed by atoms with Crippen molar-refractivity contribution < 1.29 is 23.0 Å². The second-order valence-corrected chi connectivity index (χ2v) is 5.99. The van der Waals surface area contributed by atoms with E-state index in [1.165, 1.54) is 23.3 Å². The number of ether oxygens (including phenoxy) is 1. The fourth-order valence-corrected chi connectivity index (χ4v) is 2.82. The maximum absolute atomic E-state index is 12.3. The average Bonchev–Trinajstić information content (AvgIpc) is 2.94. The van der Waals surface area contributed by atoms with Crippen molar-refractivity contribution >= 4 is 11.3 Å². The molecule has 0 bridgehead atoms. The summed E-state index contributed by atoms with van der Waals surface area (Å²) in [5.41, 5.74) is 1.54. The Morgan fingerprint density at radius 3 is 2.78 bits per heavy atom. The van der Waals surface area contributed by atoms with E-state index in [0.29, 0.717) is 11.4 Å². The van der Waals surface area contributed by atoms with E-state index in [9.17, 15) is 13.2 Å². The molecule has 0 fully saturated rings. The number of hydrogen-bond acceptors (Lipinski definition) is 5. The highest BCUT2D eigenvalue weighted by atomic mass is 32.1. The third-order valence-electron chi connectivity index (χ3n) is 3.16. The maximum atomic E-state index is 12.3. The molecule has 0 radical (unpaired) electrons. The number of nitrogens with zero attached hydrogens (tertiary/aromatic N) is 2. The summed E-state index contributed by atoms with van der Waals surface area (Å²) in [4.78, 5) is 5.82. The van der Waals surface area contributed by atoms with E-state index in [1.807, 2.05) is 24.3 Å². The van der Waals surface area contributed by atoms with Crippen molar-refractivity contribution in [2.24, 2.45) is 0 Å². The van der Waals surface area contributed by atoms with Crippen LogP contribution in [0.15, 0.2) is 29.6 Å². The Balaban J connectivity index is 2.02. The molecule has 1 aromatic carbocycles. The molecule has 0 spiro atoms. The predicted molar refractivity (Wildman–Crippen MR) is 82.5 cm³/mol. The van der Waals surface area contributed by atoms with E-state index in [0.717, 1.165) is 10.6 Å². The van der Waals surface area contributed by atoms with Crippen molar-refractivity contribution in [3.63, 3.8) is 0 Å². The van der Waals surface area contributed by atoms with Crippen LogP contribution in [-0.2, 0) is 6.54 Å². The second-order valence-electron chi connectivity index (χ2n) is 5.13. The quantitative estimate of drug-likeness (QED) is 0.873. The molecule has 1 N–H and O–H groups in total. The summed E-state index contributed by atoms with van der Waals surface area (Å²) in [7, 11) is 3.09. The molecule has 126 valence electrons. The summed E-state index contributed by atoms with van der Waals surface area (Å²) >= 11 is 1.41. The first kappa shape index (κ1) is 17.7. The van der Waals surface area contributed by atoms with Gasteiger partial charge < -0.3 is 9.84 Å². The van der Waals surface area contributed by atoms with Crippen molar-refractivity contribution in [1.29, 1.82) is 0 Å². The van der Waals surface area contributed by atoms with Crippen molar-refractivity contribution in [2.45, 2.75) is 18.8 Å². The Morgan fingerprint density at radius 1 is 1.39 bits per heavy atom. The molecule has 0 aliphatic rings. The average molecular weight is 346 g/mol. The largest absolute Gasteiger partial charge is 0.497 e. The molecule has 1 atom stereocenters. The monoisotopic (exact) mass is 346 g/mol. The number of hydrogen-bond donors (Lipinski definition) is 1. The summed E-state index contributed by atoms with van der Waals surface area (Å²) in [5.74, 6) is 0.713. The molecular weight excluding hydrogens is 329 g/mol. The first-order chi connectivity index (χ1) is 10.8. The smallest absolute Gasteiger partial charge is 0.415 e. The minimum Gasteiger partial charge on any atom is -0.497 e. The number of aromatic nitrogens is 1. The van der Waals surface area contributed by atoms with Gasteiger partial charge in [-0.2, -0.15) is 13.2 Å². The number of aliphatic hydroxyl groups excluding tert-OH is 1. The number of thiazole rings is 1. The van der Waals surface area contributed by atoms with Gasteiger partial charge in [-0.25, -0.2) is 4.98 Å². The summed E-state index contributed by atoms with van der Waals surface area (Å²) < 4.78 is 42.2. The molecule has 23 heavy (non-hydrogen) atoms. The van der Waals surface area contributed by atoms with E-state index in [1.54, 1.807) is 12.5 Å². The Hall–Kier alpha value is -1.64. The van der Waals surface area contributed by atoms with Crippen LogP contribution in [0.4, 0.5) is 13.2 Å². The molecule has 2 aromatic rings. The second kappa shape index (κ2) is 7.29. The SMILES string of the molecule is COc1cccc(-c2nc(CN(C)CC(O)C(F)(F)F)cs2)c1. The van der Waals surface area contributed by atoms with Gasteiger partial charge in [-0.1, -0.05) is 12.1 Å². The first-order valence-corrected chi connectivity index (χ1v) is 7.69. The Bertz CT molecular complexity index is 646. The number of benzene rings is 1. The molecule has 0 aliphatic heterocycles. The van der Waals surface area contributed by atoms with E-state index in [-0.39, 0.29) is 6.54 Å². The molecule has 0 amide bonds. The Kier molecular flexibility index (Phi) is 5.61. The van der Waals surface area contributed by atoms with Crippen molar-refractivity contribution in [2.75, 3.05) is 20.7 Å². The maximum Gasteiger partial charge on any atom is 0.415 e. The van der Waals surface area contributed by atoms with Crippen LogP contribution >= 0.6 is 11.3 Å². The number of methoxy groups -OCH3 is 1. The molecule has 1 aromatic heterocycles. The highest BCUT2D eigenvalue weighted by molar-refractivity contribution is 7.13. The van der Waals surface area contributed by atoms with Gasteiger partial charge in [0.1, 0.15) is 10.8 Å². The van der Waals surface area contributed by atoms with Gasteiger partial charge in [-0.15, -0.1) is 11.3 Å². The van der Waals surface area contributed by atoms with Gasteiger partial charge >= 0.3 is 6.18 Å². The number of likely N-dealkylation sites (N-methyl/N-ethyl adjacent to an activating group) is 1. The molecule has 0 saturated carbocycles. The van der Waals surface area contributed by atoms with E-state index in [4.69, 9.17) is 9.84 Å². The highest BCUT2D eigenvalue weighted by Crippen LogP contribution is 2.27. The number of alkyl halides is 3. The fraction of sp³-hybridized carbons (Fsp3) is 0.400. The van der Waals surface area contributed by atoms with Gasteiger partial charge in [0.05, 0.1) is 12.8 Å². The van der Waals surface area contributed by atoms with Crippen LogP contribution in [0.3, 0.4) is 0 Å². The lowest BCUT2D eigenvalue weighted by atomic mass is 10.2. The highest BCUT2D eigenvalue weighted by Gasteiger charge is 2.38. The van der Waals surface area contributed by atoms with E-state index < -0.39 is 18.8 Å². The Labute approximate surface area is 136 Å². The summed E-state index contributed by atoms with van der Waals surface area (Å²) in [6.07, 6.45) is -6.97. The normalized spacial score (nSPS) is 13.3. The van der Waals surface area contributed by atoms with Gasteiger partial charge in [0.2, 0.25) is 0 Å². The van der Waals surface area contributed by atoms with Gasteiger partial charge in [-0.05, 0) is 19.2 Å². The zero-order valence-corrected chi connectivity index (χ0v) is 13.5. The molecule has 0 saturated heterocycles. The standard InChI is InChI=1S/C15H17F3N2O2S/c1-20(8-13(21)15(16,17)18)7-11-9-23-14(19-11)10-4-3-5-12(6-10)22-2/h3-6,9,13,21H,7-8H2,1-2H3. The van der Waals surface area contributed by atoms with Crippen LogP contribution in [0, 0.1) is 0 Å². The van der Waals surface area contributed by atoms with Crippen LogP contribution in [-0.4, -0.2) is 48.0 Å². The summed E-state index contributed by atoms with van der Waals surface area (Å²) in [6, 6.07) is 7.41. The summed E-state index contributed by atoms with van der Waals surface area (Å²) in [5, 5.41) is 11.6. The molecule has 1 unspecified atom stereocenters. The lowest BCUT2D eigenvalue weighted by molar-refractivity contribution is -0.207. The fourth-order valence-electron chi connectivity index (χ4n) is 2.01. The third-order valence-corrected chi connectivity index (χ3v) is 4.10. The lowest BCUT2D eigenvalue weighted by Gasteiger charge is -2.21. The van der Waals surface area contributed by atoms with E-state index >= 15 is 0 Å². The zero-order valence-electron chi connectivity index (χ0n) is 12.7. The van der Waals surface area contributed by atoms with Gasteiger partial charge in [-0.3, -0.25) is 4.90 Å². The lowest BCUT2D eigenvalue weighted by Crippen LogP contribution is -2.39. The number of halogens is 3. The van der Waals surface area contributed by atoms with Crippen LogP contribution in [0.1, 0.15) is 5.69 Å². The van der Waals surface area contributed by atoms with Gasteiger partial charge in [0.25, 0.3) is 0 Å². The minimum absolute atomic E-state index is 0.230. The van der Waals surface area contributed by atoms with Crippen LogP contribution in [0.5, 0.6) is 5.75 Å². The van der Waals surface area contributed by atoms with Crippen molar-refractivity contribution in [3.05, 3.63) is 35.3 Å². The van der Waals surface area contributed by atoms with E-state index in [2.05, 4.69) is 4.98 Å². The molecule has 0 aliphatic carbocycles. The first-order valence-electron chi connectivity index (χ1n) is 6.81. The Morgan fingerprint density at radius 2 is 2.13 bits per heavy atom. The zero-order chi connectivity index (χ0) is 17.0. The predicted octanol–water partition coefficient (Wildman–Crippen LogP) is 3.17. The van der Waals surface area contributed by atoms with Crippen LogP contribution in [0.2, 0.25) is 0 Å². The van der Waals surface area contributed by atoms with Gasteiger partial charge in [0.15, 0.2) is 6.10 Å². The topological polar surface area (TPSA) is 45.6 Å². The van der Waals surface area contributed by atoms with Crippen molar-refractivity contribution in [3.8, 4) is 16.3 Å². The van der Waals surface area contributed by atoms with Gasteiger partial charge in [0, 0.05) is 24.0 Å². The minimum atomic E-state index is -4.61. The third kappa shape index (κ3) is 4.92. The number of aliphatic hydroxyl groups is 1. The molecular formula is C15H17F3N2O2S. The van der Waals surface area contributed by atoms with Crippen molar-refractivity contribution in [1.82, 2.24) is 9.88 Å². The molecule has 1 heterocycles. The molecule has 2 rings (SSSR count). The summed E-state index contributed by atoms with van der Waals surface area (Å²) in [6.45, 7) is -0.261.